The van der Waals surface area contributed by atoms with Crippen LogP contribution >= 0.6 is 0 Å². The second-order valence-corrected chi connectivity index (χ2v) is 7.75. The molecule has 0 unspecified atom stereocenters. The Bertz CT molecular complexity index is 210. The van der Waals surface area contributed by atoms with Gasteiger partial charge < -0.3 is 10.2 Å². The van der Waals surface area contributed by atoms with Gasteiger partial charge in [-0.15, -0.1) is 0 Å². The molecule has 4 nitrogen and oxygen atoms in total. The van der Waals surface area contributed by atoms with Crippen LogP contribution in [-0.2, 0) is 9.59 Å². The number of unbranched alkanes of at least 4 members (excludes halogenated alkanes) is 2. The van der Waals surface area contributed by atoms with E-state index in [0.29, 0.717) is 12.2 Å². The van der Waals surface area contributed by atoms with Crippen LogP contribution in [0.4, 0.5) is 0 Å². The van der Waals surface area contributed by atoms with Crippen molar-refractivity contribution < 1.29 is 21.2 Å². The van der Waals surface area contributed by atoms with E-state index in [1.54, 1.807) is 8.87 Å². The molecule has 0 aliphatic carbocycles. The summed E-state index contributed by atoms with van der Waals surface area (Å²) in [5.41, 5.74) is 0. The predicted molar refractivity (Wildman–Crippen MR) is 70.7 cm³/mol. The Kier molecular flexibility index (Phi) is 17.1. The zero-order valence-electron chi connectivity index (χ0n) is 11.6. The van der Waals surface area contributed by atoms with Crippen molar-refractivity contribution in [1.29, 1.82) is 0 Å². The first-order valence-electron chi connectivity index (χ1n) is 5.89. The first-order chi connectivity index (χ1) is 8.04. The Morgan fingerprint density at radius 3 is 1.59 bits per heavy atom. The number of carboxylic acids is 2. The summed E-state index contributed by atoms with van der Waals surface area (Å²) in [6, 6.07) is 0. The first kappa shape index (κ1) is 18.8. The molecule has 0 spiro atoms. The summed E-state index contributed by atoms with van der Waals surface area (Å²) >= 11 is 0.149. The van der Waals surface area contributed by atoms with Crippen molar-refractivity contribution in [2.45, 2.75) is 48.4 Å². The average Bonchev–Trinajstić information content (AvgIpc) is 2.27. The normalized spacial score (nSPS) is 9.76. The largest absolute Gasteiger partial charge is 1.00 e. The van der Waals surface area contributed by atoms with E-state index in [4.69, 9.17) is 10.2 Å². The molecule has 0 aromatic rings. The van der Waals surface area contributed by atoms with E-state index in [-0.39, 0.29) is 22.6 Å². The molecule has 0 atom stereocenters. The summed E-state index contributed by atoms with van der Waals surface area (Å²) in [5, 5.41) is 15.6. The van der Waals surface area contributed by atoms with Crippen molar-refractivity contribution in [2.24, 2.45) is 0 Å². The Balaban J connectivity index is -0.000000238. The van der Waals surface area contributed by atoms with Crippen LogP contribution in [0.3, 0.4) is 0 Å². The molecular formula is C12H23O4Sn+. The molecule has 0 rings (SSSR count). The van der Waals surface area contributed by atoms with Crippen LogP contribution in [0.25, 0.3) is 0 Å². The minimum Gasteiger partial charge on any atom is -0.478 e. The quantitative estimate of drug-likeness (QED) is 0.401. The molecular weight excluding hydrogens is 327 g/mol. The van der Waals surface area contributed by atoms with Gasteiger partial charge >= 0.3 is 82.9 Å². The number of aliphatic carboxylic acids is 2. The van der Waals surface area contributed by atoms with Crippen LogP contribution < -0.4 is 0 Å². The van der Waals surface area contributed by atoms with Crippen LogP contribution in [0, 0.1) is 0 Å². The van der Waals surface area contributed by atoms with Crippen molar-refractivity contribution in [3.63, 3.8) is 0 Å². The summed E-state index contributed by atoms with van der Waals surface area (Å²) in [7, 11) is 0. The molecule has 0 bridgehead atoms. The first-order valence-corrected chi connectivity index (χ1v) is 9.92. The maximum absolute atomic E-state index is 9.55. The summed E-state index contributed by atoms with van der Waals surface area (Å²) in [5.74, 6) is -2.51. The molecule has 2 N–H and O–H groups in total. The third kappa shape index (κ3) is 25.6. The number of rotatable bonds is 8. The number of hydrogen-bond donors (Lipinski definition) is 2. The summed E-state index contributed by atoms with van der Waals surface area (Å²) < 4.78 is 3.25. The third-order valence-corrected chi connectivity index (χ3v) is 5.82. The van der Waals surface area contributed by atoms with Crippen molar-refractivity contribution in [1.82, 2.24) is 0 Å². The Morgan fingerprint density at radius 1 is 1.00 bits per heavy atom. The monoisotopic (exact) mass is 351 g/mol. The van der Waals surface area contributed by atoms with E-state index < -0.39 is 11.9 Å². The van der Waals surface area contributed by atoms with E-state index >= 15 is 0 Å². The van der Waals surface area contributed by atoms with E-state index in [1.807, 2.05) is 0 Å². The van der Waals surface area contributed by atoms with E-state index in [1.165, 1.54) is 25.7 Å². The van der Waals surface area contributed by atoms with Crippen LogP contribution in [0.2, 0.25) is 8.87 Å². The molecule has 5 heteroatoms. The molecule has 0 heterocycles. The SMILES string of the molecule is CCC[CH2][Sn][CH2]CCC.O=C(O)/C=C\C(=O)O.[H+]. The Morgan fingerprint density at radius 2 is 1.35 bits per heavy atom. The van der Waals surface area contributed by atoms with Gasteiger partial charge in [-0.2, -0.15) is 0 Å². The van der Waals surface area contributed by atoms with Crippen molar-refractivity contribution in [3.8, 4) is 0 Å². The fraction of sp³-hybridized carbons (Fsp3) is 0.667. The maximum Gasteiger partial charge on any atom is 1.00 e. The van der Waals surface area contributed by atoms with E-state index in [9.17, 15) is 9.59 Å². The van der Waals surface area contributed by atoms with Crippen molar-refractivity contribution in [3.05, 3.63) is 12.2 Å². The zero-order valence-corrected chi connectivity index (χ0v) is 13.5. The smallest absolute Gasteiger partial charge is 0.478 e. The fourth-order valence-electron chi connectivity index (χ4n) is 0.871. The molecule has 0 aliphatic rings. The van der Waals surface area contributed by atoms with E-state index in [0.717, 1.165) is 0 Å². The topological polar surface area (TPSA) is 74.6 Å². The van der Waals surface area contributed by atoms with Gasteiger partial charge in [-0.25, -0.2) is 9.59 Å². The summed E-state index contributed by atoms with van der Waals surface area (Å²) in [6.45, 7) is 4.58. The van der Waals surface area contributed by atoms with Crippen LogP contribution in [0.5, 0.6) is 0 Å². The summed E-state index contributed by atoms with van der Waals surface area (Å²) in [6.07, 6.45) is 6.95. The van der Waals surface area contributed by atoms with Crippen molar-refractivity contribution >= 4 is 33.1 Å². The van der Waals surface area contributed by atoms with Gasteiger partial charge in [0, 0.05) is 12.2 Å². The molecule has 0 saturated carbocycles. The zero-order chi connectivity index (χ0) is 13.5. The van der Waals surface area contributed by atoms with Crippen molar-refractivity contribution in [2.75, 3.05) is 0 Å². The molecule has 0 aromatic carbocycles. The van der Waals surface area contributed by atoms with Crippen LogP contribution in [-0.4, -0.2) is 43.3 Å². The number of carbonyl (C=O) groups is 2. The number of hydrogen-bond acceptors (Lipinski definition) is 2. The van der Waals surface area contributed by atoms with Gasteiger partial charge in [0.1, 0.15) is 0 Å². The second kappa shape index (κ2) is 15.5. The minimum absolute atomic E-state index is 0. The predicted octanol–water partition coefficient (Wildman–Crippen LogP) is 2.95. The molecule has 0 fully saturated rings. The van der Waals surface area contributed by atoms with E-state index in [2.05, 4.69) is 13.8 Å². The molecule has 2 radical (unpaired) electrons. The molecule has 17 heavy (non-hydrogen) atoms. The number of carboxylic acid groups (broad SMARTS) is 2. The maximum atomic E-state index is 9.55. The molecule has 0 saturated heterocycles. The Labute approximate surface area is 115 Å². The minimum atomic E-state index is -1.26. The van der Waals surface area contributed by atoms with Gasteiger partial charge in [-0.1, -0.05) is 0 Å². The third-order valence-electron chi connectivity index (χ3n) is 1.78. The molecule has 0 amide bonds. The van der Waals surface area contributed by atoms with Gasteiger partial charge in [-0.05, 0) is 0 Å². The average molecular weight is 350 g/mol. The standard InChI is InChI=1S/C4H4O4.2C4H9.Sn/c5-3(6)1-2-4(7)8;2*1-3-4-2;/h1-2H,(H,5,6)(H,7,8);2*1,3-4H2,2H3;/p+1/b2-1-;;;. The van der Waals surface area contributed by atoms with Gasteiger partial charge in [0.05, 0.1) is 0 Å². The van der Waals surface area contributed by atoms with Gasteiger partial charge in [-0.3, -0.25) is 0 Å². The van der Waals surface area contributed by atoms with Gasteiger partial charge in [0.15, 0.2) is 0 Å². The van der Waals surface area contributed by atoms with Crippen LogP contribution in [0.15, 0.2) is 12.2 Å². The Hall–Kier alpha value is -0.521. The molecule has 0 aliphatic heterocycles. The van der Waals surface area contributed by atoms with Crippen LogP contribution in [0.1, 0.15) is 41.0 Å². The van der Waals surface area contributed by atoms with Gasteiger partial charge in [0.2, 0.25) is 0 Å². The second-order valence-electron chi connectivity index (χ2n) is 3.47. The van der Waals surface area contributed by atoms with Gasteiger partial charge in [0.25, 0.3) is 0 Å². The fourth-order valence-corrected chi connectivity index (χ4v) is 5.03. The molecule has 0 aromatic heterocycles. The molecule has 98 valence electrons. The summed E-state index contributed by atoms with van der Waals surface area (Å²) in [4.78, 5) is 19.1.